The number of Topliss-reactive ketones (excluding diaryl/α,β-unsaturated/α-hetero) is 1. The first-order chi connectivity index (χ1) is 11.7. The molecule has 1 aliphatic rings. The Balaban J connectivity index is 1.65. The average Bonchev–Trinajstić information content (AvgIpc) is 3.08. The third kappa shape index (κ3) is 3.54. The predicted molar refractivity (Wildman–Crippen MR) is 90.0 cm³/mol. The van der Waals surface area contributed by atoms with Crippen molar-refractivity contribution in [2.75, 3.05) is 19.2 Å². The number of ether oxygens (including phenoxy) is 3. The Hall–Kier alpha value is -2.47. The van der Waals surface area contributed by atoms with Gasteiger partial charge in [-0.05, 0) is 36.1 Å². The number of esters is 1. The van der Waals surface area contributed by atoms with Gasteiger partial charge in [0.2, 0.25) is 6.79 Å². The highest BCUT2D eigenvalue weighted by atomic mass is 32.2. The van der Waals surface area contributed by atoms with Gasteiger partial charge in [-0.25, -0.2) is 4.79 Å². The molecule has 0 bridgehead atoms. The van der Waals surface area contributed by atoms with Crippen LogP contribution in [0.1, 0.15) is 27.6 Å². The minimum atomic E-state index is -0.499. The molecule has 6 heteroatoms. The Morgan fingerprint density at radius 3 is 2.75 bits per heavy atom. The van der Waals surface area contributed by atoms with Crippen LogP contribution in [0.2, 0.25) is 0 Å². The summed E-state index contributed by atoms with van der Waals surface area (Å²) in [6, 6.07) is 12.1. The Morgan fingerprint density at radius 2 is 1.92 bits per heavy atom. The van der Waals surface area contributed by atoms with E-state index in [1.807, 2.05) is 19.1 Å². The van der Waals surface area contributed by atoms with E-state index in [1.54, 1.807) is 42.1 Å². The molecule has 124 valence electrons. The van der Waals surface area contributed by atoms with Gasteiger partial charge in [-0.1, -0.05) is 19.1 Å². The molecule has 0 saturated carbocycles. The largest absolute Gasteiger partial charge is 0.454 e. The van der Waals surface area contributed by atoms with Crippen molar-refractivity contribution in [1.29, 1.82) is 0 Å². The fourth-order valence-electron chi connectivity index (χ4n) is 2.28. The van der Waals surface area contributed by atoms with E-state index in [0.717, 1.165) is 10.6 Å². The van der Waals surface area contributed by atoms with Crippen LogP contribution in [0.5, 0.6) is 11.5 Å². The number of benzene rings is 2. The van der Waals surface area contributed by atoms with Gasteiger partial charge in [0, 0.05) is 10.5 Å². The lowest BCUT2D eigenvalue weighted by Gasteiger charge is -2.08. The summed E-state index contributed by atoms with van der Waals surface area (Å²) in [5.74, 6) is 1.19. The lowest BCUT2D eigenvalue weighted by atomic mass is 10.1. The molecular weight excluding hydrogens is 328 g/mol. The normalized spacial score (nSPS) is 12.0. The number of fused-ring (bicyclic) bond motifs is 1. The second-order valence-corrected chi connectivity index (χ2v) is 6.30. The number of carbonyl (C=O) groups excluding carboxylic acids is 2. The van der Waals surface area contributed by atoms with E-state index in [0.29, 0.717) is 22.6 Å². The van der Waals surface area contributed by atoms with Crippen molar-refractivity contribution in [3.05, 3.63) is 53.6 Å². The van der Waals surface area contributed by atoms with Crippen LogP contribution in [0, 0.1) is 0 Å². The highest BCUT2D eigenvalue weighted by Gasteiger charge is 2.18. The molecule has 0 aromatic heterocycles. The molecule has 0 unspecified atom stereocenters. The Bertz CT molecular complexity index is 772. The van der Waals surface area contributed by atoms with E-state index in [-0.39, 0.29) is 19.2 Å². The maximum Gasteiger partial charge on any atom is 0.339 e. The van der Waals surface area contributed by atoms with Crippen LogP contribution in [-0.2, 0) is 4.74 Å². The Labute approximate surface area is 143 Å². The SMILES string of the molecule is CCSc1ccccc1C(=O)OCC(=O)c1ccc2c(c1)OCO2. The van der Waals surface area contributed by atoms with E-state index in [2.05, 4.69) is 0 Å². The minimum Gasteiger partial charge on any atom is -0.454 e. The number of carbonyl (C=O) groups is 2. The zero-order valence-corrected chi connectivity index (χ0v) is 13.9. The maximum absolute atomic E-state index is 12.2. The zero-order chi connectivity index (χ0) is 16.9. The van der Waals surface area contributed by atoms with Crippen LogP contribution in [0.25, 0.3) is 0 Å². The van der Waals surface area contributed by atoms with Crippen LogP contribution in [0.15, 0.2) is 47.4 Å². The second kappa shape index (κ2) is 7.40. The maximum atomic E-state index is 12.2. The molecule has 0 aliphatic carbocycles. The molecule has 5 nitrogen and oxygen atoms in total. The van der Waals surface area contributed by atoms with E-state index in [9.17, 15) is 9.59 Å². The number of hydrogen-bond donors (Lipinski definition) is 0. The highest BCUT2D eigenvalue weighted by molar-refractivity contribution is 7.99. The van der Waals surface area contributed by atoms with Crippen molar-refractivity contribution in [1.82, 2.24) is 0 Å². The Morgan fingerprint density at radius 1 is 1.12 bits per heavy atom. The van der Waals surface area contributed by atoms with E-state index < -0.39 is 5.97 Å². The highest BCUT2D eigenvalue weighted by Crippen LogP contribution is 2.32. The minimum absolute atomic E-state index is 0.147. The van der Waals surface area contributed by atoms with Gasteiger partial charge in [0.15, 0.2) is 23.9 Å². The molecule has 1 heterocycles. The second-order valence-electron chi connectivity index (χ2n) is 5.00. The van der Waals surface area contributed by atoms with Crippen molar-refractivity contribution in [3.63, 3.8) is 0 Å². The topological polar surface area (TPSA) is 61.8 Å². The molecule has 1 aliphatic heterocycles. The summed E-state index contributed by atoms with van der Waals surface area (Å²) in [7, 11) is 0. The van der Waals surface area contributed by atoms with Crippen LogP contribution in [-0.4, -0.2) is 30.9 Å². The molecule has 0 saturated heterocycles. The summed E-state index contributed by atoms with van der Waals surface area (Å²) >= 11 is 1.56. The van der Waals surface area contributed by atoms with Crippen LogP contribution >= 0.6 is 11.8 Å². The molecule has 0 spiro atoms. The molecule has 2 aromatic carbocycles. The summed E-state index contributed by atoms with van der Waals surface area (Å²) < 4.78 is 15.6. The van der Waals surface area contributed by atoms with Crippen molar-refractivity contribution in [2.45, 2.75) is 11.8 Å². The van der Waals surface area contributed by atoms with Gasteiger partial charge in [0.25, 0.3) is 0 Å². The van der Waals surface area contributed by atoms with Gasteiger partial charge in [0.1, 0.15) is 0 Å². The summed E-state index contributed by atoms with van der Waals surface area (Å²) in [6.45, 7) is 1.84. The van der Waals surface area contributed by atoms with Crippen molar-refractivity contribution >= 4 is 23.5 Å². The zero-order valence-electron chi connectivity index (χ0n) is 13.1. The van der Waals surface area contributed by atoms with Gasteiger partial charge in [-0.2, -0.15) is 0 Å². The number of ketones is 1. The molecule has 0 atom stereocenters. The van der Waals surface area contributed by atoms with Gasteiger partial charge < -0.3 is 14.2 Å². The molecule has 0 fully saturated rings. The summed E-state index contributed by atoms with van der Waals surface area (Å²) in [6.07, 6.45) is 0. The molecule has 24 heavy (non-hydrogen) atoms. The molecular formula is C18H16O5S. The standard InChI is InChI=1S/C18H16O5S/c1-2-24-17-6-4-3-5-13(17)18(20)21-10-14(19)12-7-8-15-16(9-12)23-11-22-15/h3-9H,2,10-11H2,1H3. The van der Waals surface area contributed by atoms with Crippen LogP contribution in [0.3, 0.4) is 0 Å². The Kier molecular flexibility index (Phi) is 5.05. The van der Waals surface area contributed by atoms with Gasteiger partial charge in [0.05, 0.1) is 5.56 Å². The quantitative estimate of drug-likeness (QED) is 0.453. The van der Waals surface area contributed by atoms with Crippen LogP contribution < -0.4 is 9.47 Å². The first kappa shape index (κ1) is 16.4. The summed E-state index contributed by atoms with van der Waals surface area (Å²) in [5.41, 5.74) is 0.895. The number of rotatable bonds is 6. The smallest absolute Gasteiger partial charge is 0.339 e. The average molecular weight is 344 g/mol. The molecule has 2 aromatic rings. The van der Waals surface area contributed by atoms with Gasteiger partial charge >= 0.3 is 5.97 Å². The predicted octanol–water partition coefficient (Wildman–Crippen LogP) is 3.57. The third-order valence-electron chi connectivity index (χ3n) is 3.44. The number of thioether (sulfide) groups is 1. The molecule has 0 radical (unpaired) electrons. The van der Waals surface area contributed by atoms with E-state index in [1.165, 1.54) is 0 Å². The first-order valence-corrected chi connectivity index (χ1v) is 8.49. The first-order valence-electron chi connectivity index (χ1n) is 7.51. The fraction of sp³-hybridized carbons (Fsp3) is 0.222. The van der Waals surface area contributed by atoms with Crippen molar-refractivity contribution < 1.29 is 23.8 Å². The fourth-order valence-corrected chi connectivity index (χ4v) is 3.07. The molecule has 0 amide bonds. The van der Waals surface area contributed by atoms with Crippen LogP contribution in [0.4, 0.5) is 0 Å². The molecule has 3 rings (SSSR count). The number of hydrogen-bond acceptors (Lipinski definition) is 6. The van der Waals surface area contributed by atoms with Gasteiger partial charge in [-0.15, -0.1) is 11.8 Å². The lowest BCUT2D eigenvalue weighted by molar-refractivity contribution is 0.0471. The summed E-state index contributed by atoms with van der Waals surface area (Å²) in [5, 5.41) is 0. The van der Waals surface area contributed by atoms with Crippen molar-refractivity contribution in [2.24, 2.45) is 0 Å². The third-order valence-corrected chi connectivity index (χ3v) is 4.39. The van der Waals surface area contributed by atoms with Crippen molar-refractivity contribution in [3.8, 4) is 11.5 Å². The summed E-state index contributed by atoms with van der Waals surface area (Å²) in [4.78, 5) is 25.3. The lowest BCUT2D eigenvalue weighted by Crippen LogP contribution is -2.14. The van der Waals surface area contributed by atoms with Gasteiger partial charge in [-0.3, -0.25) is 4.79 Å². The van der Waals surface area contributed by atoms with E-state index in [4.69, 9.17) is 14.2 Å². The van der Waals surface area contributed by atoms with E-state index >= 15 is 0 Å². The monoisotopic (exact) mass is 344 g/mol. The molecule has 0 N–H and O–H groups in total.